The summed E-state index contributed by atoms with van der Waals surface area (Å²) in [4.78, 5) is 26.5. The van der Waals surface area contributed by atoms with Crippen LogP contribution < -0.4 is 18.9 Å². The van der Waals surface area contributed by atoms with E-state index in [2.05, 4.69) is 0 Å². The number of carbonyl (C=O) groups is 2. The van der Waals surface area contributed by atoms with Crippen LogP contribution in [-0.4, -0.2) is 129 Å². The zero-order valence-electron chi connectivity index (χ0n) is 28.8. The smallest absolute Gasteiger partial charge is 0.173 e. The molecular formula is C36H42N2O12S2. The van der Waals surface area contributed by atoms with Crippen LogP contribution in [0, 0.1) is 22.7 Å². The summed E-state index contributed by atoms with van der Waals surface area (Å²) in [5.41, 5.74) is 0.684. The summed E-state index contributed by atoms with van der Waals surface area (Å²) < 4.78 is 56.2. The van der Waals surface area contributed by atoms with Crippen molar-refractivity contribution in [3.63, 3.8) is 0 Å². The summed E-state index contributed by atoms with van der Waals surface area (Å²) in [7, 11) is 0. The molecule has 0 unspecified atom stereocenters. The number of nitriles is 2. The number of fused-ring (bicyclic) bond motifs is 2. The molecule has 52 heavy (non-hydrogen) atoms. The highest BCUT2D eigenvalue weighted by Gasteiger charge is 2.18. The van der Waals surface area contributed by atoms with E-state index >= 15 is 0 Å². The Morgan fingerprint density at radius 3 is 1.06 bits per heavy atom. The van der Waals surface area contributed by atoms with Crippen molar-refractivity contribution in [3.8, 4) is 35.1 Å². The monoisotopic (exact) mass is 758 g/mol. The Bertz CT molecular complexity index is 1450. The maximum Gasteiger partial charge on any atom is 0.173 e. The summed E-state index contributed by atoms with van der Waals surface area (Å²) >= 11 is 1.86. The van der Waals surface area contributed by atoms with Crippen molar-refractivity contribution in [2.75, 3.05) is 117 Å². The summed E-state index contributed by atoms with van der Waals surface area (Å²) in [5.74, 6) is 0.817. The molecule has 0 N–H and O–H groups in total. The Hall–Kier alpha value is -3.84. The molecule has 0 bridgehead atoms. The van der Waals surface area contributed by atoms with E-state index in [-0.39, 0.29) is 59.3 Å². The van der Waals surface area contributed by atoms with Gasteiger partial charge in [-0.3, -0.25) is 9.59 Å². The second-order valence-electron chi connectivity index (χ2n) is 10.7. The highest BCUT2D eigenvalue weighted by atomic mass is 32.2. The average Bonchev–Trinajstić information content (AvgIpc) is 3.18. The van der Waals surface area contributed by atoms with Crippen LogP contribution in [-0.2, 0) is 28.4 Å². The molecule has 2 aliphatic heterocycles. The number of nitrogens with zero attached hydrogens (tertiary/aromatic N) is 2. The van der Waals surface area contributed by atoms with Crippen LogP contribution in [0.2, 0.25) is 0 Å². The van der Waals surface area contributed by atoms with E-state index in [0.29, 0.717) is 113 Å². The van der Waals surface area contributed by atoms with Gasteiger partial charge in [-0.1, -0.05) is 0 Å². The molecular weight excluding hydrogens is 717 g/mol. The molecule has 2 heterocycles. The maximum atomic E-state index is 13.2. The van der Waals surface area contributed by atoms with Crippen LogP contribution >= 0.6 is 23.5 Å². The predicted octanol–water partition coefficient (Wildman–Crippen LogP) is 4.12. The van der Waals surface area contributed by atoms with E-state index in [9.17, 15) is 20.1 Å². The minimum atomic E-state index is -0.289. The quantitative estimate of drug-likeness (QED) is 0.278. The fourth-order valence-corrected chi connectivity index (χ4v) is 6.21. The first-order chi connectivity index (χ1) is 25.6. The Morgan fingerprint density at radius 1 is 0.462 bits per heavy atom. The van der Waals surface area contributed by atoms with Gasteiger partial charge in [0.15, 0.2) is 34.6 Å². The van der Waals surface area contributed by atoms with Crippen LogP contribution in [0.1, 0.15) is 20.7 Å². The Labute approximate surface area is 311 Å². The molecule has 0 saturated carbocycles. The molecule has 0 spiro atoms. The third-order valence-corrected chi connectivity index (χ3v) is 9.18. The molecule has 0 aliphatic carbocycles. The largest absolute Gasteiger partial charge is 0.487 e. The van der Waals surface area contributed by atoms with Gasteiger partial charge in [-0.15, -0.1) is 23.5 Å². The van der Waals surface area contributed by atoms with E-state index in [1.807, 2.05) is 12.1 Å². The third-order valence-electron chi connectivity index (χ3n) is 7.06. The number of benzene rings is 2. The number of Topliss-reactive ketones (excluding diaryl/α,β-unsaturated/α-hetero) is 2. The van der Waals surface area contributed by atoms with Crippen molar-refractivity contribution < 1.29 is 57.0 Å². The first kappa shape index (κ1) is 40.9. The number of hydrogen-bond donors (Lipinski definition) is 0. The number of ether oxygens (including phenoxy) is 10. The summed E-state index contributed by atoms with van der Waals surface area (Å²) in [6, 6.07) is 13.7. The lowest BCUT2D eigenvalue weighted by Crippen LogP contribution is -2.13. The number of hydrogen-bond acceptors (Lipinski definition) is 16. The summed E-state index contributed by atoms with van der Waals surface area (Å²) in [5, 5.41) is 19.7. The minimum Gasteiger partial charge on any atom is -0.487 e. The highest BCUT2D eigenvalue weighted by molar-refractivity contribution is 8.07. The van der Waals surface area contributed by atoms with Gasteiger partial charge in [0, 0.05) is 11.1 Å². The first-order valence-corrected chi connectivity index (χ1v) is 18.7. The van der Waals surface area contributed by atoms with Gasteiger partial charge in [-0.25, -0.2) is 0 Å². The molecule has 0 aromatic heterocycles. The maximum absolute atomic E-state index is 13.2. The number of thioether (sulfide) groups is 2. The van der Waals surface area contributed by atoms with E-state index < -0.39 is 0 Å². The van der Waals surface area contributed by atoms with Gasteiger partial charge in [0.2, 0.25) is 0 Å². The molecule has 280 valence electrons. The Balaban J connectivity index is 1.35. The predicted molar refractivity (Wildman–Crippen MR) is 192 cm³/mol. The second kappa shape index (κ2) is 24.4. The zero-order chi connectivity index (χ0) is 36.6. The van der Waals surface area contributed by atoms with Crippen molar-refractivity contribution in [1.29, 1.82) is 10.5 Å². The number of allylic oxidation sites excluding steroid dienone is 2. The van der Waals surface area contributed by atoms with E-state index in [1.54, 1.807) is 36.4 Å². The first-order valence-electron chi connectivity index (χ1n) is 16.7. The average molecular weight is 759 g/mol. The lowest BCUT2D eigenvalue weighted by molar-refractivity contribution is 0.00708. The lowest BCUT2D eigenvalue weighted by Gasteiger charge is -2.14. The van der Waals surface area contributed by atoms with Crippen LogP contribution in [0.3, 0.4) is 0 Å². The van der Waals surface area contributed by atoms with Crippen molar-refractivity contribution in [2.24, 2.45) is 0 Å². The van der Waals surface area contributed by atoms with Crippen LogP contribution in [0.4, 0.5) is 0 Å². The van der Waals surface area contributed by atoms with Gasteiger partial charge in [0.25, 0.3) is 0 Å². The standard InChI is InChI=1S/C36H42N2O12S2/c37-23-35(51-25-29(39)27-1-3-31-33(21-27)49-19-15-45-11-7-41-5-9-43-13-17-47-31)36(24-38)52-26-30(40)28-2-4-32-34(22-28)50-20-16-46-12-8-42-6-10-44-14-18-48-32/h1-4,21-22H,5-20,25-26H2/b36-35-. The number of rotatable bonds is 8. The van der Waals surface area contributed by atoms with Gasteiger partial charge in [-0.2, -0.15) is 10.5 Å². The third kappa shape index (κ3) is 14.7. The second-order valence-corrected chi connectivity index (χ2v) is 12.7. The van der Waals surface area contributed by atoms with E-state index in [1.165, 1.54) is 0 Å². The topological polar surface area (TPSA) is 174 Å². The molecule has 0 amide bonds. The molecule has 16 heteroatoms. The van der Waals surface area contributed by atoms with Gasteiger partial charge >= 0.3 is 0 Å². The molecule has 0 fully saturated rings. The summed E-state index contributed by atoms with van der Waals surface area (Å²) in [6.07, 6.45) is 0. The van der Waals surface area contributed by atoms with Crippen LogP contribution in [0.5, 0.6) is 23.0 Å². The zero-order valence-corrected chi connectivity index (χ0v) is 30.4. The number of carbonyl (C=O) groups excluding carboxylic acids is 2. The van der Waals surface area contributed by atoms with Crippen molar-refractivity contribution in [3.05, 3.63) is 57.3 Å². The minimum absolute atomic E-state index is 0.0351. The van der Waals surface area contributed by atoms with Crippen LogP contribution in [0.15, 0.2) is 46.2 Å². The normalized spacial score (nSPS) is 17.7. The molecule has 14 nitrogen and oxygen atoms in total. The fourth-order valence-electron chi connectivity index (χ4n) is 4.49. The highest BCUT2D eigenvalue weighted by Crippen LogP contribution is 2.33. The molecule has 2 aromatic rings. The lowest BCUT2D eigenvalue weighted by atomic mass is 10.1. The van der Waals surface area contributed by atoms with Gasteiger partial charge in [0.1, 0.15) is 48.4 Å². The molecule has 2 aliphatic rings. The Kier molecular flexibility index (Phi) is 19.2. The molecule has 0 saturated heterocycles. The molecule has 0 radical (unpaired) electrons. The molecule has 0 atom stereocenters. The summed E-state index contributed by atoms with van der Waals surface area (Å²) in [6.45, 7) is 5.85. The fraction of sp³-hybridized carbons (Fsp3) is 0.500. The van der Waals surface area contributed by atoms with Crippen molar-refractivity contribution >= 4 is 35.1 Å². The van der Waals surface area contributed by atoms with Gasteiger partial charge < -0.3 is 47.4 Å². The number of ketones is 2. The van der Waals surface area contributed by atoms with Crippen molar-refractivity contribution in [1.82, 2.24) is 0 Å². The Morgan fingerprint density at radius 2 is 0.750 bits per heavy atom. The van der Waals surface area contributed by atoms with E-state index in [0.717, 1.165) is 23.5 Å². The molecule has 4 rings (SSSR count). The van der Waals surface area contributed by atoms with Gasteiger partial charge in [0.05, 0.1) is 90.8 Å². The van der Waals surface area contributed by atoms with E-state index in [4.69, 9.17) is 47.4 Å². The SMILES string of the molecule is N#C/C(SCC(=O)c1ccc2c(c1)OCCOCCOCCOCCO2)=C(\C#N)SCC(=O)c1ccc2c(c1)OCCOCCOCCOCCO2. The van der Waals surface area contributed by atoms with Crippen LogP contribution in [0.25, 0.3) is 0 Å². The molecule has 2 aromatic carbocycles. The van der Waals surface area contributed by atoms with Gasteiger partial charge in [-0.05, 0) is 36.4 Å². The van der Waals surface area contributed by atoms with Crippen molar-refractivity contribution in [2.45, 2.75) is 0 Å².